The van der Waals surface area contributed by atoms with Crippen molar-refractivity contribution in [3.63, 3.8) is 0 Å². The van der Waals surface area contributed by atoms with Crippen molar-refractivity contribution in [1.29, 1.82) is 0 Å². The minimum Gasteiger partial charge on any atom is -0.491 e. The van der Waals surface area contributed by atoms with Crippen LogP contribution in [0.15, 0.2) is 48.6 Å². The lowest BCUT2D eigenvalue weighted by Gasteiger charge is -2.43. The second-order valence-corrected chi connectivity index (χ2v) is 14.8. The molecule has 0 saturated heterocycles. The molecule has 1 N–H and O–H groups in total. The summed E-state index contributed by atoms with van der Waals surface area (Å²) in [6.45, 7) is 6.64. The number of methoxy groups -OCH3 is 2. The summed E-state index contributed by atoms with van der Waals surface area (Å²) < 4.78 is 32.3. The van der Waals surface area contributed by atoms with Gasteiger partial charge in [0.1, 0.15) is 23.0 Å². The molecule has 0 spiro atoms. The number of anilines is 1. The van der Waals surface area contributed by atoms with Gasteiger partial charge in [-0.3, -0.25) is 9.52 Å². The Morgan fingerprint density at radius 2 is 1.91 bits per heavy atom. The van der Waals surface area contributed by atoms with Crippen molar-refractivity contribution in [2.75, 3.05) is 52.5 Å². The number of amides is 1. The van der Waals surface area contributed by atoms with Gasteiger partial charge in [-0.15, -0.1) is 0 Å². The van der Waals surface area contributed by atoms with E-state index < -0.39 is 11.0 Å². The van der Waals surface area contributed by atoms with E-state index in [1.165, 1.54) is 11.1 Å². The SMILES string of the molecule is CCCc1cc(Cl)ccc1C1COc2ccc3cc2N(C1)CC1CCC1C(C=O)/C=C/CC(C)C(CCOC)S(=O)NC3=O.COC. The van der Waals surface area contributed by atoms with E-state index in [4.69, 9.17) is 21.1 Å². The van der Waals surface area contributed by atoms with Crippen LogP contribution in [0.5, 0.6) is 5.75 Å². The molecule has 2 aromatic rings. The number of rotatable bonds is 7. The molecule has 2 aromatic carbocycles. The number of aryl methyl sites for hydroxylation is 1. The lowest BCUT2D eigenvalue weighted by molar-refractivity contribution is -0.112. The van der Waals surface area contributed by atoms with Crippen molar-refractivity contribution < 1.29 is 28.0 Å². The Kier molecular flexibility index (Phi) is 14.3. The van der Waals surface area contributed by atoms with Crippen LogP contribution in [0.4, 0.5) is 5.69 Å². The number of carbonyl (C=O) groups excluding carboxylic acids is 2. The summed E-state index contributed by atoms with van der Waals surface area (Å²) in [5.74, 6) is 0.925. The van der Waals surface area contributed by atoms with Crippen molar-refractivity contribution in [3.05, 3.63) is 70.3 Å². The third-order valence-corrected chi connectivity index (χ3v) is 11.5. The standard InChI is InChI=1S/C35H45ClN2O5S.C2H6O/c1-4-6-24-17-29(36)11-13-30(24)28-20-38-19-26-9-12-31(26)27(21-39)8-5-7-23(2)34(15-16-42-3)44(41)37-35(40)25-10-14-33(43-22-28)32(38)18-25;1-3-2/h5,8,10-11,13-14,17-18,21,23,26-28,31,34H,4,6-7,9,12,15-16,19-20,22H2,1-3H3,(H,37,40);1-2H3/b8-5+;. The maximum absolute atomic E-state index is 13.5. The second kappa shape index (κ2) is 18.2. The van der Waals surface area contributed by atoms with E-state index in [0.717, 1.165) is 55.0 Å². The number of aldehydes is 1. The molecule has 3 aliphatic rings. The monoisotopic (exact) mass is 686 g/mol. The molecule has 7 atom stereocenters. The lowest BCUT2D eigenvalue weighted by atomic mass is 9.67. The van der Waals surface area contributed by atoms with Gasteiger partial charge in [-0.25, -0.2) is 4.21 Å². The first-order valence-electron chi connectivity index (χ1n) is 16.8. The Hall–Kier alpha value is -2.72. The van der Waals surface area contributed by atoms with E-state index in [0.29, 0.717) is 44.1 Å². The Morgan fingerprint density at radius 3 is 2.60 bits per heavy atom. The number of nitrogens with one attached hydrogen (secondary N) is 1. The number of hydrogen-bond donors (Lipinski definition) is 1. The summed E-state index contributed by atoms with van der Waals surface area (Å²) in [6, 6.07) is 11.6. The van der Waals surface area contributed by atoms with Gasteiger partial charge in [0.05, 0.1) is 17.5 Å². The molecule has 2 aliphatic heterocycles. The molecule has 5 rings (SSSR count). The fraction of sp³-hybridized carbons (Fsp3) is 0.568. The summed E-state index contributed by atoms with van der Waals surface area (Å²) in [4.78, 5) is 28.2. The number of nitrogens with zero attached hydrogens (tertiary/aromatic N) is 1. The van der Waals surface area contributed by atoms with Crippen LogP contribution in [0, 0.1) is 23.7 Å². The summed E-state index contributed by atoms with van der Waals surface area (Å²) in [5.41, 5.74) is 3.78. The quantitative estimate of drug-likeness (QED) is 0.254. The first-order chi connectivity index (χ1) is 22.7. The molecule has 2 bridgehead atoms. The number of carbonyl (C=O) groups is 2. The van der Waals surface area contributed by atoms with Crippen molar-refractivity contribution >= 4 is 40.5 Å². The van der Waals surface area contributed by atoms with Crippen molar-refractivity contribution in [2.45, 2.75) is 63.5 Å². The smallest absolute Gasteiger partial charge is 0.263 e. The van der Waals surface area contributed by atoms with E-state index in [1.807, 2.05) is 31.2 Å². The molecule has 1 saturated carbocycles. The van der Waals surface area contributed by atoms with E-state index in [9.17, 15) is 13.8 Å². The minimum absolute atomic E-state index is 0.0262. The summed E-state index contributed by atoms with van der Waals surface area (Å²) >= 11 is 6.40. The molecule has 8 nitrogen and oxygen atoms in total. The highest BCUT2D eigenvalue weighted by Gasteiger charge is 2.39. The van der Waals surface area contributed by atoms with E-state index in [1.54, 1.807) is 27.4 Å². The highest BCUT2D eigenvalue weighted by Crippen LogP contribution is 2.44. The molecule has 0 aromatic heterocycles. The fourth-order valence-corrected chi connectivity index (χ4v) is 8.51. The van der Waals surface area contributed by atoms with Gasteiger partial charge >= 0.3 is 0 Å². The average Bonchev–Trinajstić information content (AvgIpc) is 3.22. The summed E-state index contributed by atoms with van der Waals surface area (Å²) in [6.07, 6.45) is 10.4. The Morgan fingerprint density at radius 1 is 1.13 bits per heavy atom. The van der Waals surface area contributed by atoms with E-state index >= 15 is 0 Å². The highest BCUT2D eigenvalue weighted by atomic mass is 35.5. The molecule has 47 heavy (non-hydrogen) atoms. The van der Waals surface area contributed by atoms with Crippen LogP contribution in [0.25, 0.3) is 0 Å². The predicted molar refractivity (Wildman–Crippen MR) is 190 cm³/mol. The summed E-state index contributed by atoms with van der Waals surface area (Å²) in [5, 5.41) is 0.443. The zero-order chi connectivity index (χ0) is 33.9. The van der Waals surface area contributed by atoms with E-state index in [-0.39, 0.29) is 34.8 Å². The van der Waals surface area contributed by atoms with Crippen LogP contribution < -0.4 is 14.4 Å². The summed E-state index contributed by atoms with van der Waals surface area (Å²) in [7, 11) is 3.26. The van der Waals surface area contributed by atoms with Crippen LogP contribution in [0.1, 0.15) is 73.4 Å². The predicted octanol–water partition coefficient (Wildman–Crippen LogP) is 6.77. The van der Waals surface area contributed by atoms with Crippen LogP contribution in [-0.2, 0) is 31.7 Å². The van der Waals surface area contributed by atoms with Gasteiger partial charge < -0.3 is 23.9 Å². The zero-order valence-corrected chi connectivity index (χ0v) is 30.0. The number of hydrogen-bond acceptors (Lipinski definition) is 7. The second-order valence-electron chi connectivity index (χ2n) is 13.0. The Balaban J connectivity index is 0.00000160. The number of halogens is 1. The molecule has 1 aliphatic carbocycles. The molecule has 1 fully saturated rings. The number of fused-ring (bicyclic) bond motifs is 2. The third kappa shape index (κ3) is 9.46. The van der Waals surface area contributed by atoms with Gasteiger partial charge in [-0.2, -0.15) is 0 Å². The van der Waals surface area contributed by atoms with E-state index in [2.05, 4.69) is 39.5 Å². The molecule has 2 heterocycles. The lowest BCUT2D eigenvalue weighted by Crippen LogP contribution is -2.43. The van der Waals surface area contributed by atoms with Crippen LogP contribution >= 0.6 is 11.6 Å². The molecular weight excluding hydrogens is 636 g/mol. The molecular formula is C37H51ClN2O6S. The Labute approximate surface area is 288 Å². The average molecular weight is 687 g/mol. The fourth-order valence-electron chi connectivity index (χ4n) is 7.02. The van der Waals surface area contributed by atoms with Crippen molar-refractivity contribution in [3.8, 4) is 5.75 Å². The first-order valence-corrected chi connectivity index (χ1v) is 18.4. The van der Waals surface area contributed by atoms with Gasteiger partial charge in [-0.05, 0) is 91.3 Å². The normalized spacial score (nSPS) is 28.3. The van der Waals surface area contributed by atoms with Crippen LogP contribution in [-0.4, -0.2) is 69.3 Å². The van der Waals surface area contributed by atoms with Crippen LogP contribution in [0.3, 0.4) is 0 Å². The van der Waals surface area contributed by atoms with Gasteiger partial charge in [0, 0.05) is 63.4 Å². The maximum atomic E-state index is 13.5. The highest BCUT2D eigenvalue weighted by molar-refractivity contribution is 7.84. The van der Waals surface area contributed by atoms with Gasteiger partial charge in [0.25, 0.3) is 5.91 Å². The molecule has 0 radical (unpaired) electrons. The molecule has 7 unspecified atom stereocenters. The molecule has 1 amide bonds. The Bertz CT molecular complexity index is 1400. The molecule has 10 heteroatoms. The number of ether oxygens (including phenoxy) is 3. The van der Waals surface area contributed by atoms with Crippen molar-refractivity contribution in [1.82, 2.24) is 4.72 Å². The topological polar surface area (TPSA) is 94.2 Å². The first kappa shape index (κ1) is 37.1. The van der Waals surface area contributed by atoms with Crippen LogP contribution in [0.2, 0.25) is 5.02 Å². The van der Waals surface area contributed by atoms with Crippen molar-refractivity contribution in [2.24, 2.45) is 23.7 Å². The third-order valence-electron chi connectivity index (χ3n) is 9.67. The number of allylic oxidation sites excluding steroid dienone is 2. The zero-order valence-electron chi connectivity index (χ0n) is 28.4. The number of benzene rings is 2. The van der Waals surface area contributed by atoms with Gasteiger partial charge in [0.2, 0.25) is 0 Å². The van der Waals surface area contributed by atoms with Gasteiger partial charge in [0.15, 0.2) is 0 Å². The maximum Gasteiger partial charge on any atom is 0.263 e. The molecule has 258 valence electrons. The van der Waals surface area contributed by atoms with Gasteiger partial charge in [-0.1, -0.05) is 50.1 Å². The minimum atomic E-state index is -1.62. The largest absolute Gasteiger partial charge is 0.491 e.